The van der Waals surface area contributed by atoms with E-state index in [0.717, 1.165) is 14.2 Å². The summed E-state index contributed by atoms with van der Waals surface area (Å²) in [7, 11) is 2.30. The Morgan fingerprint density at radius 3 is 2.36 bits per heavy atom. The summed E-state index contributed by atoms with van der Waals surface area (Å²) in [5.41, 5.74) is -1.54. The van der Waals surface area contributed by atoms with Crippen LogP contribution >= 0.6 is 0 Å². The van der Waals surface area contributed by atoms with Gasteiger partial charge in [-0.25, -0.2) is 14.4 Å². The molecule has 14 nitrogen and oxygen atoms in total. The summed E-state index contributed by atoms with van der Waals surface area (Å²) < 4.78 is 14.1. The van der Waals surface area contributed by atoms with E-state index in [4.69, 9.17) is 4.74 Å². The van der Waals surface area contributed by atoms with Crippen LogP contribution in [0.5, 0.6) is 0 Å². The van der Waals surface area contributed by atoms with Crippen molar-refractivity contribution < 1.29 is 43.0 Å². The molecule has 0 aromatic heterocycles. The maximum atomic E-state index is 13.4. The first-order valence-electron chi connectivity index (χ1n) is 12.9. The van der Waals surface area contributed by atoms with Gasteiger partial charge in [-0.3, -0.25) is 14.4 Å². The monoisotopic (exact) mass is 553 g/mol. The van der Waals surface area contributed by atoms with E-state index >= 15 is 0 Å². The van der Waals surface area contributed by atoms with Gasteiger partial charge in [0.2, 0.25) is 17.7 Å². The topological polar surface area (TPSA) is 190 Å². The summed E-state index contributed by atoms with van der Waals surface area (Å²) in [4.78, 5) is 74.5. The van der Waals surface area contributed by atoms with Crippen molar-refractivity contribution >= 4 is 35.9 Å². The van der Waals surface area contributed by atoms with Crippen molar-refractivity contribution in [1.82, 2.24) is 26.6 Å². The van der Waals surface area contributed by atoms with Crippen LogP contribution in [0.1, 0.15) is 46.5 Å². The minimum Gasteiger partial charge on any atom is -0.463 e. The smallest absolute Gasteiger partial charge is 0.407 e. The highest BCUT2D eigenvalue weighted by atomic mass is 16.5. The standard InChI is InChI=1S/C25H39N5O9/c1-6-39-19(31)8-7-16(12-15-9-10-26-20(15)32)27-21(33)17(11-14(2)3)28-22(34)25(30-24(36)38-5)13-18(25)29-23(35)37-4/h7-8,14-18H,6,9-13H2,1-5H3,(H,26,32)(H,27,33)(H,28,34)(H,29,35)(H,30,36)/b8-7+/t15-,16+,17-,18?,25?/m0/s1. The van der Waals surface area contributed by atoms with Gasteiger partial charge in [-0.05, 0) is 32.1 Å². The van der Waals surface area contributed by atoms with E-state index in [-0.39, 0.29) is 43.6 Å². The maximum Gasteiger partial charge on any atom is 0.407 e. The van der Waals surface area contributed by atoms with Gasteiger partial charge in [0.05, 0.1) is 26.9 Å². The second kappa shape index (κ2) is 14.4. The van der Waals surface area contributed by atoms with Crippen LogP contribution in [-0.2, 0) is 33.4 Å². The zero-order chi connectivity index (χ0) is 29.2. The van der Waals surface area contributed by atoms with E-state index in [1.54, 1.807) is 6.92 Å². The molecule has 14 heteroatoms. The molecule has 1 saturated heterocycles. The van der Waals surface area contributed by atoms with Gasteiger partial charge in [-0.2, -0.15) is 0 Å². The lowest BCUT2D eigenvalue weighted by Crippen LogP contribution is -2.59. The van der Waals surface area contributed by atoms with Gasteiger partial charge >= 0.3 is 18.2 Å². The van der Waals surface area contributed by atoms with Crippen LogP contribution in [0, 0.1) is 11.8 Å². The number of carbonyl (C=O) groups excluding carboxylic acids is 6. The fourth-order valence-corrected chi connectivity index (χ4v) is 4.34. The summed E-state index contributed by atoms with van der Waals surface area (Å²) in [5.74, 6) is -2.33. The molecule has 39 heavy (non-hydrogen) atoms. The van der Waals surface area contributed by atoms with Gasteiger partial charge in [0.25, 0.3) is 0 Å². The molecule has 0 bridgehead atoms. The van der Waals surface area contributed by atoms with Gasteiger partial charge in [-0.15, -0.1) is 0 Å². The van der Waals surface area contributed by atoms with Crippen molar-refractivity contribution in [2.24, 2.45) is 11.8 Å². The predicted octanol–water partition coefficient (Wildman–Crippen LogP) is -0.129. The first-order valence-corrected chi connectivity index (χ1v) is 12.9. The highest BCUT2D eigenvalue weighted by Crippen LogP contribution is 2.37. The second-order valence-corrected chi connectivity index (χ2v) is 9.87. The molecule has 2 unspecified atom stereocenters. The molecule has 0 spiro atoms. The fourth-order valence-electron chi connectivity index (χ4n) is 4.34. The molecule has 2 aliphatic rings. The Morgan fingerprint density at radius 1 is 1.10 bits per heavy atom. The third kappa shape index (κ3) is 9.14. The van der Waals surface area contributed by atoms with Crippen molar-refractivity contribution in [3.05, 3.63) is 12.2 Å². The highest BCUT2D eigenvalue weighted by Gasteiger charge is 2.63. The lowest BCUT2D eigenvalue weighted by atomic mass is 9.97. The molecule has 0 aromatic carbocycles. The van der Waals surface area contributed by atoms with Gasteiger partial charge in [0.1, 0.15) is 11.6 Å². The van der Waals surface area contributed by atoms with Crippen LogP contribution in [0.25, 0.3) is 0 Å². The van der Waals surface area contributed by atoms with Crippen LogP contribution in [0.2, 0.25) is 0 Å². The van der Waals surface area contributed by atoms with Crippen molar-refractivity contribution in [1.29, 1.82) is 0 Å². The highest BCUT2D eigenvalue weighted by molar-refractivity contribution is 5.98. The van der Waals surface area contributed by atoms with Crippen LogP contribution in [0.15, 0.2) is 12.2 Å². The Labute approximate surface area is 227 Å². The zero-order valence-corrected chi connectivity index (χ0v) is 23.0. The van der Waals surface area contributed by atoms with E-state index < -0.39 is 53.6 Å². The van der Waals surface area contributed by atoms with Crippen LogP contribution in [-0.4, -0.2) is 86.9 Å². The molecule has 1 saturated carbocycles. The zero-order valence-electron chi connectivity index (χ0n) is 23.0. The molecule has 1 heterocycles. The number of hydrogen-bond donors (Lipinski definition) is 5. The van der Waals surface area contributed by atoms with E-state index in [9.17, 15) is 28.8 Å². The summed E-state index contributed by atoms with van der Waals surface area (Å²) in [6.07, 6.45) is 2.12. The number of methoxy groups -OCH3 is 2. The minimum atomic E-state index is -1.54. The van der Waals surface area contributed by atoms with Crippen molar-refractivity contribution in [3.8, 4) is 0 Å². The Bertz CT molecular complexity index is 970. The lowest BCUT2D eigenvalue weighted by molar-refractivity contribution is -0.137. The molecule has 1 aliphatic heterocycles. The van der Waals surface area contributed by atoms with Crippen LogP contribution in [0.4, 0.5) is 9.59 Å². The van der Waals surface area contributed by atoms with Gasteiger partial charge in [-0.1, -0.05) is 19.9 Å². The third-order valence-corrected chi connectivity index (χ3v) is 6.46. The molecule has 0 radical (unpaired) electrons. The molecule has 2 rings (SSSR count). The van der Waals surface area contributed by atoms with E-state index in [1.807, 2.05) is 13.8 Å². The van der Waals surface area contributed by atoms with E-state index in [0.29, 0.717) is 13.0 Å². The lowest BCUT2D eigenvalue weighted by Gasteiger charge is -2.26. The molecule has 5 N–H and O–H groups in total. The average Bonchev–Trinajstić information content (AvgIpc) is 3.41. The number of amides is 5. The van der Waals surface area contributed by atoms with E-state index in [1.165, 1.54) is 12.2 Å². The number of esters is 1. The van der Waals surface area contributed by atoms with Crippen molar-refractivity contribution in [2.75, 3.05) is 27.4 Å². The summed E-state index contributed by atoms with van der Waals surface area (Å²) in [6, 6.07) is -2.50. The van der Waals surface area contributed by atoms with Gasteiger partial charge in [0, 0.05) is 31.0 Å². The molecule has 2 fully saturated rings. The number of alkyl carbamates (subject to hydrolysis) is 2. The average molecular weight is 554 g/mol. The SMILES string of the molecule is CCOC(=O)/C=C/[C@H](C[C@@H]1CCNC1=O)NC(=O)[C@H](CC(C)C)NC(=O)C1(NC(=O)OC)CC1NC(=O)OC. The van der Waals surface area contributed by atoms with Crippen molar-refractivity contribution in [3.63, 3.8) is 0 Å². The molecule has 1 aliphatic carbocycles. The fraction of sp³-hybridized carbons (Fsp3) is 0.680. The molecule has 5 amide bonds. The largest absolute Gasteiger partial charge is 0.463 e. The minimum absolute atomic E-state index is 0.0112. The third-order valence-electron chi connectivity index (χ3n) is 6.46. The van der Waals surface area contributed by atoms with Crippen LogP contribution in [0.3, 0.4) is 0 Å². The Balaban J connectivity index is 2.21. The number of hydrogen-bond acceptors (Lipinski definition) is 9. The van der Waals surface area contributed by atoms with Crippen LogP contribution < -0.4 is 26.6 Å². The van der Waals surface area contributed by atoms with Crippen molar-refractivity contribution in [2.45, 2.75) is 70.1 Å². The quantitative estimate of drug-likeness (QED) is 0.117. The van der Waals surface area contributed by atoms with Gasteiger partial charge in [0.15, 0.2) is 0 Å². The molecule has 218 valence electrons. The second-order valence-electron chi connectivity index (χ2n) is 9.87. The first-order chi connectivity index (χ1) is 18.4. The predicted molar refractivity (Wildman–Crippen MR) is 137 cm³/mol. The first kappa shape index (κ1) is 31.4. The maximum absolute atomic E-state index is 13.4. The molecular weight excluding hydrogens is 514 g/mol. The molecule has 0 aromatic rings. The number of rotatable bonds is 13. The van der Waals surface area contributed by atoms with Gasteiger partial charge < -0.3 is 40.8 Å². The van der Waals surface area contributed by atoms with E-state index in [2.05, 4.69) is 36.1 Å². The Morgan fingerprint density at radius 2 is 1.79 bits per heavy atom. The Hall–Kier alpha value is -3.84. The normalized spacial score (nSPS) is 23.3. The number of ether oxygens (including phenoxy) is 3. The number of carbonyl (C=O) groups is 6. The summed E-state index contributed by atoms with van der Waals surface area (Å²) in [6.45, 7) is 6.11. The number of nitrogens with one attached hydrogen (secondary N) is 5. The molecular formula is C25H39N5O9. The summed E-state index contributed by atoms with van der Waals surface area (Å²) in [5, 5.41) is 13.2. The molecule has 5 atom stereocenters. The Kier molecular flexibility index (Phi) is 11.5. The summed E-state index contributed by atoms with van der Waals surface area (Å²) >= 11 is 0.